The summed E-state index contributed by atoms with van der Waals surface area (Å²) in [6, 6.07) is 15.9. The maximum Gasteiger partial charge on any atom is 0.276 e. The number of halogens is 15. The van der Waals surface area contributed by atoms with Gasteiger partial charge in [0.15, 0.2) is 34.7 Å². The molecule has 0 saturated carbocycles. The summed E-state index contributed by atoms with van der Waals surface area (Å²) in [5, 5.41) is 58.7. The van der Waals surface area contributed by atoms with Crippen LogP contribution in [0.25, 0.3) is 83.9 Å². The number of hydrogen-bond acceptors (Lipinski definition) is 21. The molecule has 0 spiro atoms. The van der Waals surface area contributed by atoms with Crippen molar-refractivity contribution in [1.29, 1.82) is 15.8 Å². The van der Waals surface area contributed by atoms with Gasteiger partial charge < -0.3 is 44.7 Å². The predicted molar refractivity (Wildman–Crippen MR) is 524 cm³/mol. The van der Waals surface area contributed by atoms with Crippen LogP contribution in [0.15, 0.2) is 107 Å². The number of carbonyl (C=O) groups is 3. The molecule has 12 aromatic rings. The maximum atomic E-state index is 15.0. The summed E-state index contributed by atoms with van der Waals surface area (Å²) >= 11 is 76.5. The van der Waals surface area contributed by atoms with Crippen molar-refractivity contribution in [3.05, 3.63) is 252 Å². The zero-order valence-corrected chi connectivity index (χ0v) is 81.8. The summed E-state index contributed by atoms with van der Waals surface area (Å²) in [6.07, 6.45) is 8.57. The van der Waals surface area contributed by atoms with Gasteiger partial charge in [-0.15, -0.1) is 0 Å². The Bertz CT molecular complexity index is 6650. The fourth-order valence-corrected chi connectivity index (χ4v) is 19.7. The lowest BCUT2D eigenvalue weighted by Gasteiger charge is -2.36. The lowest BCUT2D eigenvalue weighted by molar-refractivity contribution is -0.127. The van der Waals surface area contributed by atoms with E-state index in [1.54, 1.807) is 72.3 Å². The van der Waals surface area contributed by atoms with Gasteiger partial charge in [0.1, 0.15) is 61.9 Å². The van der Waals surface area contributed by atoms with Crippen molar-refractivity contribution in [3.63, 3.8) is 0 Å². The summed E-state index contributed by atoms with van der Waals surface area (Å²) in [7, 11) is 0. The van der Waals surface area contributed by atoms with E-state index in [2.05, 4.69) is 52.9 Å². The number of phenols is 3. The Labute approximate surface area is 829 Å². The zero-order valence-electron chi connectivity index (χ0n) is 72.8. The molecule has 0 atom stereocenters. The molecule has 15 rings (SSSR count). The molecule has 9 aromatic heterocycles. The highest BCUT2D eigenvalue weighted by molar-refractivity contribution is 6.48. The number of aromatic nitrogens is 9. The number of aryl methyl sites for hydroxylation is 3. The van der Waals surface area contributed by atoms with Crippen LogP contribution in [0, 0.1) is 72.2 Å². The highest BCUT2D eigenvalue weighted by Gasteiger charge is 2.38. The number of nitrogens with zero attached hydrogens (tertiary/aromatic N) is 18. The Balaban J connectivity index is 0.000000171. The van der Waals surface area contributed by atoms with Crippen LogP contribution in [0.4, 0.5) is 30.2 Å². The third-order valence-electron chi connectivity index (χ3n) is 23.0. The van der Waals surface area contributed by atoms with E-state index in [1.807, 2.05) is 56.2 Å². The first-order chi connectivity index (χ1) is 64.0. The number of benzene rings is 3. The number of carbonyl (C=O) groups excluding carboxylic acids is 3. The van der Waals surface area contributed by atoms with E-state index in [9.17, 15) is 73.0 Å². The normalized spacial score (nSPS) is 13.4. The molecule has 3 saturated heterocycles. The number of nitriles is 3. The Morgan fingerprint density at radius 1 is 0.378 bits per heavy atom. The lowest BCUT2D eigenvalue weighted by Crippen LogP contribution is -2.49. The number of amides is 3. The molecule has 3 aliphatic rings. The van der Waals surface area contributed by atoms with Crippen molar-refractivity contribution in [3.8, 4) is 86.3 Å². The Kier molecular flexibility index (Phi) is 30.4. The van der Waals surface area contributed by atoms with Gasteiger partial charge in [-0.1, -0.05) is 200 Å². The smallest absolute Gasteiger partial charge is 0.276 e. The van der Waals surface area contributed by atoms with E-state index in [1.165, 1.54) is 50.1 Å². The van der Waals surface area contributed by atoms with Gasteiger partial charge in [0, 0.05) is 130 Å². The average Bonchev–Trinajstić information content (AvgIpc) is 0.728. The largest absolute Gasteiger partial charge is 0.505 e. The average molecular weight is 2070 g/mol. The van der Waals surface area contributed by atoms with Crippen LogP contribution in [0.2, 0.25) is 60.3 Å². The van der Waals surface area contributed by atoms with Crippen molar-refractivity contribution in [1.82, 2.24) is 58.3 Å². The van der Waals surface area contributed by atoms with Gasteiger partial charge in [-0.05, 0) is 110 Å². The van der Waals surface area contributed by atoms with E-state index in [0.29, 0.717) is 146 Å². The molecule has 3 amide bonds. The van der Waals surface area contributed by atoms with Crippen molar-refractivity contribution in [2.75, 3.05) is 93.2 Å². The van der Waals surface area contributed by atoms with Gasteiger partial charge in [-0.25, -0.2) is 28.1 Å². The second kappa shape index (κ2) is 40.7. The van der Waals surface area contributed by atoms with Crippen LogP contribution in [0.3, 0.4) is 0 Å². The van der Waals surface area contributed by atoms with Gasteiger partial charge >= 0.3 is 0 Å². The topological polar surface area (TPSA) is 346 Å². The molecule has 0 radical (unpaired) electrons. The monoisotopic (exact) mass is 2060 g/mol. The van der Waals surface area contributed by atoms with Gasteiger partial charge in [-0.3, -0.25) is 57.4 Å². The molecule has 3 fully saturated rings. The first-order valence-electron chi connectivity index (χ1n) is 41.1. The highest BCUT2D eigenvalue weighted by atomic mass is 35.5. The van der Waals surface area contributed by atoms with Crippen molar-refractivity contribution in [2.24, 2.45) is 0 Å². The quantitative estimate of drug-likeness (QED) is 0.0487. The van der Waals surface area contributed by atoms with E-state index in [-0.39, 0.29) is 140 Å². The molecule has 0 unspecified atom stereocenters. The molecule has 27 nitrogen and oxygen atoms in total. The molecule has 3 aromatic carbocycles. The van der Waals surface area contributed by atoms with Gasteiger partial charge in [0.2, 0.25) is 17.7 Å². The Morgan fingerprint density at radius 3 is 0.874 bits per heavy atom. The van der Waals surface area contributed by atoms with Gasteiger partial charge in [-0.2, -0.15) is 15.8 Å². The number of rotatable bonds is 15. The van der Waals surface area contributed by atoms with Crippen molar-refractivity contribution < 1.29 is 42.9 Å². The van der Waals surface area contributed by atoms with Crippen molar-refractivity contribution >= 4 is 207 Å². The summed E-state index contributed by atoms with van der Waals surface area (Å²) in [4.78, 5) is 118. The first kappa shape index (κ1) is 101. The summed E-state index contributed by atoms with van der Waals surface area (Å²) in [6.45, 7) is 31.2. The molecule has 42 heteroatoms. The molecular formula is C93H75Cl12F3N18O9. The Morgan fingerprint density at radius 2 is 0.630 bits per heavy atom. The number of piperazine rings is 3. The zero-order chi connectivity index (χ0) is 98.7. The SMILES string of the molecule is C=CC(=O)N1CCN(c2c(C#N)c(=O)n(-c3c(C)ccnc3C(C)C)c3nc(-c4c(Cl)c(O)c(Cl)c(F)c4Cl)c(Cl)cc23)CC1.C=CC(=O)N1CCN(c2c(C#N)c(=O)n(-c3c(C)ccnc3C(C)C)c3nc(-c4c(Cl)c(O)c(Cl)c(F)c4Cl)c(Cl)cc23)CC1.C=CC(=O)N1CCN(c2c(C#N)c(=O)n(-c3c(C)ccnc3C(C)C)c3nc(-c4c(Cl)c(O)c(F)c(Cl)c4Cl)c(Cl)cc23)CC1. The summed E-state index contributed by atoms with van der Waals surface area (Å²) in [5.74, 6) is -7.06. The number of phenolic OH excluding ortho intramolecular Hbond substituents is 3. The molecule has 3 N–H and O–H groups in total. The van der Waals surface area contributed by atoms with Crippen LogP contribution in [0.1, 0.15) is 110 Å². The molecule has 0 bridgehead atoms. The molecule has 0 aliphatic carbocycles. The Hall–Kier alpha value is -11.6. The molecule has 12 heterocycles. The summed E-state index contributed by atoms with van der Waals surface area (Å²) in [5.41, 5.74) is 2.50. The van der Waals surface area contributed by atoms with E-state index >= 15 is 0 Å². The molecule has 696 valence electrons. The minimum Gasteiger partial charge on any atom is -0.505 e. The van der Waals surface area contributed by atoms with Gasteiger partial charge in [0.05, 0.1) is 119 Å². The number of anilines is 3. The molecular weight excluding hydrogens is 2000 g/mol. The second-order valence-electron chi connectivity index (χ2n) is 32.0. The van der Waals surface area contributed by atoms with E-state index in [4.69, 9.17) is 154 Å². The first-order valence-corrected chi connectivity index (χ1v) is 45.6. The van der Waals surface area contributed by atoms with E-state index < -0.39 is 91.6 Å². The second-order valence-corrected chi connectivity index (χ2v) is 36.7. The number of fused-ring (bicyclic) bond motifs is 3. The number of aromatic hydroxyl groups is 3. The predicted octanol–water partition coefficient (Wildman–Crippen LogP) is 21.1. The van der Waals surface area contributed by atoms with Crippen LogP contribution < -0.4 is 31.4 Å². The highest BCUT2D eigenvalue weighted by Crippen LogP contribution is 2.53. The number of hydrogen-bond donors (Lipinski definition) is 3. The maximum absolute atomic E-state index is 15.0. The van der Waals surface area contributed by atoms with Crippen molar-refractivity contribution in [2.45, 2.75) is 80.1 Å². The van der Waals surface area contributed by atoms with E-state index in [0.717, 1.165) is 0 Å². The molecule has 3 aliphatic heterocycles. The van der Waals surface area contributed by atoms with Crippen LogP contribution in [0.5, 0.6) is 17.2 Å². The van der Waals surface area contributed by atoms with Crippen LogP contribution >= 0.6 is 139 Å². The third-order valence-corrected chi connectivity index (χ3v) is 27.2. The van der Waals surface area contributed by atoms with Crippen LogP contribution in [-0.4, -0.2) is 170 Å². The fraction of sp³-hybridized carbons (Fsp3) is 0.258. The van der Waals surface area contributed by atoms with Gasteiger partial charge in [0.25, 0.3) is 16.7 Å². The standard InChI is InChI=1S/3C31H25Cl4FN6O3/c2*1-5-19(43)40-8-10-41(11-9-40)28-16-12-18(32)26(20-21(33)24(36)23(35)29(44)22(20)34)39-30(16)42(31(45)17(28)13-37)27-15(4)6-7-38-25(27)14(2)3;1-5-19(43)40-8-10-41(11-9-40)28-16-12-18(32)26(20-21(33)23(35)24(36)29(44)22(20)34)39-30(16)42(31(45)17(28)13-37)27-15(4)6-7-38-25(27)14(2)3/h3*5-7,12,14,44H,1,8-11H2,2-4H3. The minimum atomic E-state index is -1.22. The minimum absolute atomic E-state index is 0.0313. The molecule has 135 heavy (non-hydrogen) atoms. The van der Waals surface area contributed by atoms with Crippen LogP contribution in [-0.2, 0) is 14.4 Å². The fourth-order valence-electron chi connectivity index (χ4n) is 16.4. The lowest BCUT2D eigenvalue weighted by atomic mass is 10.0. The number of pyridine rings is 9. The summed E-state index contributed by atoms with van der Waals surface area (Å²) < 4.78 is 48.4. The third kappa shape index (κ3) is 18.2.